The number of allylic oxidation sites excluding steroid dienone is 3. The first-order chi connectivity index (χ1) is 15.3. The molecule has 1 heterocycles. The van der Waals surface area contributed by atoms with Gasteiger partial charge in [0.2, 0.25) is 5.91 Å². The van der Waals surface area contributed by atoms with E-state index < -0.39 is 23.5 Å². The maximum absolute atomic E-state index is 14.4. The number of carboxylic acids is 1. The highest BCUT2D eigenvalue weighted by molar-refractivity contribution is 6.25. The number of ether oxygens (including phenoxy) is 1. The number of amides is 1. The molecule has 0 fully saturated rings. The summed E-state index contributed by atoms with van der Waals surface area (Å²) in [6.45, 7) is 1.71. The zero-order valence-electron chi connectivity index (χ0n) is 17.6. The van der Waals surface area contributed by atoms with Crippen molar-refractivity contribution < 1.29 is 28.2 Å². The number of hydrogen-bond donors (Lipinski definition) is 2. The van der Waals surface area contributed by atoms with Gasteiger partial charge in [0.05, 0.1) is 13.7 Å². The van der Waals surface area contributed by atoms with Crippen molar-refractivity contribution in [2.75, 3.05) is 7.11 Å². The number of halogens is 2. The Kier molecular flexibility index (Phi) is 6.73. The molecule has 0 aliphatic carbocycles. The van der Waals surface area contributed by atoms with Gasteiger partial charge in [0, 0.05) is 33.7 Å². The Hall–Kier alpha value is -3.94. The molecule has 0 bridgehead atoms. The van der Waals surface area contributed by atoms with Crippen molar-refractivity contribution in [1.29, 1.82) is 0 Å². The molecule has 0 aliphatic heterocycles. The first-order valence-corrected chi connectivity index (χ1v) is 9.82. The third kappa shape index (κ3) is 4.39. The van der Waals surface area contributed by atoms with E-state index in [9.17, 15) is 23.5 Å². The minimum absolute atomic E-state index is 0.0105. The molecule has 6 nitrogen and oxygen atoms in total. The molecule has 0 saturated carbocycles. The Labute approximate surface area is 183 Å². The zero-order valence-corrected chi connectivity index (χ0v) is 17.6. The van der Waals surface area contributed by atoms with Crippen LogP contribution in [0.4, 0.5) is 8.78 Å². The van der Waals surface area contributed by atoms with Crippen LogP contribution in [0.2, 0.25) is 0 Å². The highest BCUT2D eigenvalue weighted by Gasteiger charge is 2.27. The lowest BCUT2D eigenvalue weighted by atomic mass is 10.00. The van der Waals surface area contributed by atoms with Crippen molar-refractivity contribution in [3.8, 4) is 5.75 Å². The predicted octanol–water partition coefficient (Wildman–Crippen LogP) is 4.51. The fraction of sp³-hybridized carbons (Fsp3) is 0.167. The number of nitrogens with zero attached hydrogens (tertiary/aromatic N) is 1. The summed E-state index contributed by atoms with van der Waals surface area (Å²) in [5.74, 6) is -3.26. The molecule has 2 aromatic carbocycles. The number of carboxylic acid groups (broad SMARTS) is 1. The number of primary amides is 1. The van der Waals surface area contributed by atoms with Crippen LogP contribution in [0.1, 0.15) is 35.0 Å². The first kappa shape index (κ1) is 22.7. The SMILES string of the molecule is CC/C=C\C=C(/C(N)=O)c1c(C(=O)O)n(Cc2ccc(F)cc2F)c2ccc(OC)cc12. The standard InChI is InChI=1S/C24H22F2N2O4/c1-3-4-5-6-17(23(27)29)21-18-12-16(32-2)9-10-20(18)28(22(21)24(30)31)13-14-7-8-15(25)11-19(14)26/h4-12H,3,13H2,1-2H3,(H2,27,29)(H,30,31)/b5-4-,17-6-. The smallest absolute Gasteiger partial charge is 0.353 e. The van der Waals surface area contributed by atoms with Crippen LogP contribution in [-0.2, 0) is 11.3 Å². The molecule has 0 unspecified atom stereocenters. The lowest BCUT2D eigenvalue weighted by Crippen LogP contribution is -2.17. The predicted molar refractivity (Wildman–Crippen MR) is 118 cm³/mol. The number of benzene rings is 2. The van der Waals surface area contributed by atoms with Crippen molar-refractivity contribution in [3.63, 3.8) is 0 Å². The summed E-state index contributed by atoms with van der Waals surface area (Å²) in [7, 11) is 1.46. The van der Waals surface area contributed by atoms with E-state index in [1.54, 1.807) is 30.4 Å². The van der Waals surface area contributed by atoms with Crippen molar-refractivity contribution in [3.05, 3.63) is 83.1 Å². The zero-order chi connectivity index (χ0) is 23.4. The summed E-state index contributed by atoms with van der Waals surface area (Å²) >= 11 is 0. The normalized spacial score (nSPS) is 11.9. The minimum Gasteiger partial charge on any atom is -0.497 e. The number of carbonyl (C=O) groups excluding carboxylic acids is 1. The van der Waals surface area contributed by atoms with E-state index in [2.05, 4.69) is 0 Å². The number of hydrogen-bond acceptors (Lipinski definition) is 3. The van der Waals surface area contributed by atoms with E-state index in [1.807, 2.05) is 6.92 Å². The van der Waals surface area contributed by atoms with Crippen LogP contribution in [0.25, 0.3) is 16.5 Å². The summed E-state index contributed by atoms with van der Waals surface area (Å²) in [6.07, 6.45) is 5.56. The average Bonchev–Trinajstić information content (AvgIpc) is 3.06. The molecule has 3 rings (SSSR count). The number of methoxy groups -OCH3 is 1. The second-order valence-corrected chi connectivity index (χ2v) is 7.01. The monoisotopic (exact) mass is 440 g/mol. The van der Waals surface area contributed by atoms with Gasteiger partial charge >= 0.3 is 5.97 Å². The molecular formula is C24H22F2N2O4. The van der Waals surface area contributed by atoms with Gasteiger partial charge < -0.3 is 20.1 Å². The number of aromatic carboxylic acids is 1. The van der Waals surface area contributed by atoms with Crippen LogP contribution in [0.5, 0.6) is 5.75 Å². The van der Waals surface area contributed by atoms with Crippen LogP contribution in [0, 0.1) is 11.6 Å². The lowest BCUT2D eigenvalue weighted by Gasteiger charge is -2.11. The molecule has 1 aromatic heterocycles. The van der Waals surface area contributed by atoms with Crippen molar-refractivity contribution in [1.82, 2.24) is 4.57 Å². The summed E-state index contributed by atoms with van der Waals surface area (Å²) < 4.78 is 34.4. The molecule has 166 valence electrons. The Morgan fingerprint density at radius 3 is 2.53 bits per heavy atom. The maximum Gasteiger partial charge on any atom is 0.353 e. The van der Waals surface area contributed by atoms with Crippen LogP contribution >= 0.6 is 0 Å². The third-order valence-electron chi connectivity index (χ3n) is 4.99. The van der Waals surface area contributed by atoms with Crippen LogP contribution in [-0.4, -0.2) is 28.7 Å². The van der Waals surface area contributed by atoms with Gasteiger partial charge in [-0.25, -0.2) is 13.6 Å². The fourth-order valence-electron chi connectivity index (χ4n) is 3.53. The molecule has 0 radical (unpaired) electrons. The molecule has 0 aliphatic rings. The quantitative estimate of drug-likeness (QED) is 0.398. The Morgan fingerprint density at radius 1 is 1.19 bits per heavy atom. The number of nitrogens with two attached hydrogens (primary N) is 1. The molecule has 0 saturated heterocycles. The molecular weight excluding hydrogens is 418 g/mol. The Bertz CT molecular complexity index is 1260. The molecule has 8 heteroatoms. The van der Waals surface area contributed by atoms with Gasteiger partial charge in [-0.2, -0.15) is 0 Å². The topological polar surface area (TPSA) is 94.5 Å². The second-order valence-electron chi connectivity index (χ2n) is 7.01. The molecule has 32 heavy (non-hydrogen) atoms. The van der Waals surface area contributed by atoms with Gasteiger partial charge in [0.1, 0.15) is 23.1 Å². The van der Waals surface area contributed by atoms with E-state index in [-0.39, 0.29) is 28.9 Å². The van der Waals surface area contributed by atoms with Gasteiger partial charge in [-0.15, -0.1) is 0 Å². The summed E-state index contributed by atoms with van der Waals surface area (Å²) in [4.78, 5) is 24.7. The molecule has 3 N–H and O–H groups in total. The van der Waals surface area contributed by atoms with Gasteiger partial charge in [0.25, 0.3) is 0 Å². The fourth-order valence-corrected chi connectivity index (χ4v) is 3.53. The molecule has 0 atom stereocenters. The second kappa shape index (κ2) is 9.47. The Morgan fingerprint density at radius 2 is 1.94 bits per heavy atom. The van der Waals surface area contributed by atoms with Crippen molar-refractivity contribution in [2.24, 2.45) is 5.73 Å². The van der Waals surface area contributed by atoms with E-state index in [0.29, 0.717) is 23.1 Å². The largest absolute Gasteiger partial charge is 0.497 e. The third-order valence-corrected chi connectivity index (χ3v) is 4.99. The van der Waals surface area contributed by atoms with E-state index in [1.165, 1.54) is 23.8 Å². The summed E-state index contributed by atoms with van der Waals surface area (Å²) in [6, 6.07) is 7.91. The van der Waals surface area contributed by atoms with Gasteiger partial charge in [0.15, 0.2) is 0 Å². The average molecular weight is 440 g/mol. The van der Waals surface area contributed by atoms with Crippen molar-refractivity contribution >= 4 is 28.4 Å². The summed E-state index contributed by atoms with van der Waals surface area (Å²) in [5, 5.41) is 10.5. The number of aromatic nitrogens is 1. The first-order valence-electron chi connectivity index (χ1n) is 9.82. The van der Waals surface area contributed by atoms with E-state index >= 15 is 0 Å². The van der Waals surface area contributed by atoms with Crippen LogP contribution in [0.15, 0.2) is 54.6 Å². The number of fused-ring (bicyclic) bond motifs is 1. The van der Waals surface area contributed by atoms with Crippen LogP contribution < -0.4 is 10.5 Å². The number of rotatable bonds is 8. The Balaban J connectivity index is 2.38. The van der Waals surface area contributed by atoms with Gasteiger partial charge in [-0.1, -0.05) is 25.1 Å². The molecule has 1 amide bonds. The highest BCUT2D eigenvalue weighted by atomic mass is 19.1. The van der Waals surface area contributed by atoms with Gasteiger partial charge in [-0.05, 0) is 36.8 Å². The summed E-state index contributed by atoms with van der Waals surface area (Å²) in [5.41, 5.74) is 5.96. The lowest BCUT2D eigenvalue weighted by molar-refractivity contribution is -0.112. The molecule has 0 spiro atoms. The van der Waals surface area contributed by atoms with Gasteiger partial charge in [-0.3, -0.25) is 4.79 Å². The highest BCUT2D eigenvalue weighted by Crippen LogP contribution is 2.35. The molecule has 3 aromatic rings. The number of carbonyl (C=O) groups is 2. The van der Waals surface area contributed by atoms with E-state index in [4.69, 9.17) is 10.5 Å². The maximum atomic E-state index is 14.4. The van der Waals surface area contributed by atoms with E-state index in [0.717, 1.165) is 12.1 Å². The minimum atomic E-state index is -1.33. The van der Waals surface area contributed by atoms with Crippen molar-refractivity contribution in [2.45, 2.75) is 19.9 Å². The van der Waals surface area contributed by atoms with Crippen LogP contribution in [0.3, 0.4) is 0 Å².